The van der Waals surface area contributed by atoms with Gasteiger partial charge < -0.3 is 15.8 Å². The molecule has 1 aliphatic heterocycles. The molecular formula is C14H17F3N2OS. The van der Waals surface area contributed by atoms with Gasteiger partial charge in [-0.2, -0.15) is 13.2 Å². The Kier molecular flexibility index (Phi) is 5.05. The molecule has 1 aromatic rings. The molecule has 7 heteroatoms. The van der Waals surface area contributed by atoms with Crippen LogP contribution in [0, 0.1) is 0 Å². The maximum Gasteiger partial charge on any atom is 0.417 e. The van der Waals surface area contributed by atoms with Gasteiger partial charge in [-0.25, -0.2) is 0 Å². The molecule has 21 heavy (non-hydrogen) atoms. The first-order valence-corrected chi connectivity index (χ1v) is 7.15. The van der Waals surface area contributed by atoms with Gasteiger partial charge in [-0.3, -0.25) is 0 Å². The van der Waals surface area contributed by atoms with Crippen molar-refractivity contribution in [3.05, 3.63) is 29.3 Å². The average Bonchev–Trinajstić information content (AvgIpc) is 2.90. The van der Waals surface area contributed by atoms with Crippen molar-refractivity contribution >= 4 is 22.9 Å². The molecule has 0 aliphatic carbocycles. The molecule has 116 valence electrons. The number of anilines is 1. The Bertz CT molecular complexity index is 513. The summed E-state index contributed by atoms with van der Waals surface area (Å²) in [6.07, 6.45) is -1.30. The summed E-state index contributed by atoms with van der Waals surface area (Å²) in [5.41, 5.74) is 5.01. The number of rotatable bonds is 5. The Balaban J connectivity index is 2.03. The number of thiocarbonyl (C=S) groups is 1. The van der Waals surface area contributed by atoms with E-state index < -0.39 is 11.7 Å². The number of alkyl halides is 3. The molecule has 1 saturated heterocycles. The topological polar surface area (TPSA) is 47.3 Å². The van der Waals surface area contributed by atoms with Crippen LogP contribution in [-0.4, -0.2) is 24.2 Å². The Morgan fingerprint density at radius 3 is 2.76 bits per heavy atom. The van der Waals surface area contributed by atoms with Gasteiger partial charge in [0.15, 0.2) is 0 Å². The molecule has 2 rings (SSSR count). The fraction of sp³-hybridized carbons (Fsp3) is 0.500. The number of hydrogen-bond donors (Lipinski definition) is 2. The van der Waals surface area contributed by atoms with Crippen LogP contribution in [0.1, 0.15) is 30.4 Å². The highest BCUT2D eigenvalue weighted by molar-refractivity contribution is 7.80. The van der Waals surface area contributed by atoms with Crippen LogP contribution >= 0.6 is 12.2 Å². The average molecular weight is 318 g/mol. The zero-order valence-electron chi connectivity index (χ0n) is 11.4. The molecule has 1 aliphatic rings. The molecule has 0 amide bonds. The van der Waals surface area contributed by atoms with Crippen LogP contribution in [0.25, 0.3) is 0 Å². The van der Waals surface area contributed by atoms with Gasteiger partial charge >= 0.3 is 6.18 Å². The standard InChI is InChI=1S/C14H17F3N2OS/c15-14(16,17)12-4-3-9(8-11(12)13(18)21)19-6-5-10-2-1-7-20-10/h3-4,8,10,19H,1-2,5-7H2,(H2,18,21). The Morgan fingerprint density at radius 1 is 1.43 bits per heavy atom. The van der Waals surface area contributed by atoms with Crippen LogP contribution < -0.4 is 11.1 Å². The second-order valence-electron chi connectivity index (χ2n) is 4.97. The molecule has 1 fully saturated rings. The van der Waals surface area contributed by atoms with E-state index in [1.54, 1.807) is 0 Å². The second-order valence-corrected chi connectivity index (χ2v) is 5.41. The summed E-state index contributed by atoms with van der Waals surface area (Å²) in [6, 6.07) is 3.74. The summed E-state index contributed by atoms with van der Waals surface area (Å²) in [5.74, 6) is 0. The van der Waals surface area contributed by atoms with Crippen molar-refractivity contribution in [2.24, 2.45) is 5.73 Å². The van der Waals surface area contributed by atoms with Gasteiger partial charge in [-0.1, -0.05) is 12.2 Å². The first-order valence-electron chi connectivity index (χ1n) is 6.74. The highest BCUT2D eigenvalue weighted by Crippen LogP contribution is 2.33. The van der Waals surface area contributed by atoms with E-state index in [1.165, 1.54) is 12.1 Å². The summed E-state index contributed by atoms with van der Waals surface area (Å²) in [7, 11) is 0. The molecule has 1 aromatic carbocycles. The van der Waals surface area contributed by atoms with Crippen LogP contribution in [-0.2, 0) is 10.9 Å². The van der Waals surface area contributed by atoms with Gasteiger partial charge in [0.1, 0.15) is 4.99 Å². The number of nitrogens with two attached hydrogens (primary N) is 1. The van der Waals surface area contributed by atoms with E-state index in [0.717, 1.165) is 31.9 Å². The van der Waals surface area contributed by atoms with E-state index in [1.807, 2.05) is 0 Å². The summed E-state index contributed by atoms with van der Waals surface area (Å²) in [5, 5.41) is 3.08. The van der Waals surface area contributed by atoms with Crippen molar-refractivity contribution in [1.29, 1.82) is 0 Å². The molecule has 0 saturated carbocycles. The van der Waals surface area contributed by atoms with Crippen molar-refractivity contribution in [1.82, 2.24) is 0 Å². The third kappa shape index (κ3) is 4.31. The fourth-order valence-corrected chi connectivity index (χ4v) is 2.52. The maximum atomic E-state index is 12.8. The van der Waals surface area contributed by atoms with E-state index in [0.29, 0.717) is 12.2 Å². The lowest BCUT2D eigenvalue weighted by molar-refractivity contribution is -0.137. The van der Waals surface area contributed by atoms with Crippen LogP contribution in [0.2, 0.25) is 0 Å². The van der Waals surface area contributed by atoms with Gasteiger partial charge in [0.05, 0.1) is 11.7 Å². The van der Waals surface area contributed by atoms with E-state index in [-0.39, 0.29) is 16.7 Å². The quantitative estimate of drug-likeness (QED) is 0.818. The van der Waals surface area contributed by atoms with Gasteiger partial charge in [0.2, 0.25) is 0 Å². The lowest BCUT2D eigenvalue weighted by atomic mass is 10.1. The lowest BCUT2D eigenvalue weighted by Gasteiger charge is -2.15. The third-order valence-corrected chi connectivity index (χ3v) is 3.63. The first-order chi connectivity index (χ1) is 9.88. The van der Waals surface area contributed by atoms with Gasteiger partial charge in [0, 0.05) is 24.4 Å². The minimum atomic E-state index is -4.46. The van der Waals surface area contributed by atoms with Crippen molar-refractivity contribution in [3.63, 3.8) is 0 Å². The summed E-state index contributed by atoms with van der Waals surface area (Å²) >= 11 is 4.71. The predicted molar refractivity (Wildman–Crippen MR) is 79.4 cm³/mol. The van der Waals surface area contributed by atoms with Gasteiger partial charge in [0.25, 0.3) is 0 Å². The van der Waals surface area contributed by atoms with Crippen LogP contribution in [0.15, 0.2) is 18.2 Å². The molecule has 1 unspecified atom stereocenters. The number of hydrogen-bond acceptors (Lipinski definition) is 3. The Labute approximate surface area is 126 Å². The molecule has 0 bridgehead atoms. The van der Waals surface area contributed by atoms with Gasteiger partial charge in [-0.05, 0) is 37.5 Å². The predicted octanol–water partition coefficient (Wildman–Crippen LogP) is 3.32. The molecule has 0 spiro atoms. The number of benzene rings is 1. The monoisotopic (exact) mass is 318 g/mol. The van der Waals surface area contributed by atoms with Crippen molar-refractivity contribution in [2.75, 3.05) is 18.5 Å². The summed E-state index contributed by atoms with van der Waals surface area (Å²) in [6.45, 7) is 1.42. The Hall–Kier alpha value is -1.34. The van der Waals surface area contributed by atoms with E-state index in [4.69, 9.17) is 22.7 Å². The molecule has 0 radical (unpaired) electrons. The lowest BCUT2D eigenvalue weighted by Crippen LogP contribution is -2.19. The summed E-state index contributed by atoms with van der Waals surface area (Å²) < 4.78 is 44.0. The molecule has 3 nitrogen and oxygen atoms in total. The maximum absolute atomic E-state index is 12.8. The molecule has 1 atom stereocenters. The Morgan fingerprint density at radius 2 is 2.19 bits per heavy atom. The zero-order valence-corrected chi connectivity index (χ0v) is 12.2. The normalized spacial score (nSPS) is 18.7. The van der Waals surface area contributed by atoms with E-state index in [2.05, 4.69) is 5.32 Å². The molecule has 0 aromatic heterocycles. The number of nitrogens with one attached hydrogen (secondary N) is 1. The van der Waals surface area contributed by atoms with Gasteiger partial charge in [-0.15, -0.1) is 0 Å². The minimum absolute atomic E-state index is 0.153. The smallest absolute Gasteiger partial charge is 0.389 e. The summed E-state index contributed by atoms with van der Waals surface area (Å²) in [4.78, 5) is -0.259. The van der Waals surface area contributed by atoms with E-state index >= 15 is 0 Å². The molecular weight excluding hydrogens is 301 g/mol. The largest absolute Gasteiger partial charge is 0.417 e. The number of halogens is 3. The van der Waals surface area contributed by atoms with Crippen molar-refractivity contribution in [2.45, 2.75) is 31.5 Å². The highest BCUT2D eigenvalue weighted by Gasteiger charge is 2.34. The molecule has 1 heterocycles. The second kappa shape index (κ2) is 6.62. The van der Waals surface area contributed by atoms with Crippen LogP contribution in [0.3, 0.4) is 0 Å². The molecule has 3 N–H and O–H groups in total. The number of ether oxygens (including phenoxy) is 1. The van der Waals surface area contributed by atoms with E-state index in [9.17, 15) is 13.2 Å². The zero-order chi connectivity index (χ0) is 15.5. The van der Waals surface area contributed by atoms with Crippen LogP contribution in [0.5, 0.6) is 0 Å². The minimum Gasteiger partial charge on any atom is -0.389 e. The van der Waals surface area contributed by atoms with Crippen molar-refractivity contribution in [3.8, 4) is 0 Å². The SMILES string of the molecule is NC(=S)c1cc(NCCC2CCCO2)ccc1C(F)(F)F. The van der Waals surface area contributed by atoms with Crippen molar-refractivity contribution < 1.29 is 17.9 Å². The highest BCUT2D eigenvalue weighted by atomic mass is 32.1. The third-order valence-electron chi connectivity index (χ3n) is 3.41. The first kappa shape index (κ1) is 16.0. The fourth-order valence-electron chi connectivity index (χ4n) is 2.35. The van der Waals surface area contributed by atoms with Crippen LogP contribution in [0.4, 0.5) is 18.9 Å².